The Labute approximate surface area is 65.1 Å². The summed E-state index contributed by atoms with van der Waals surface area (Å²) < 4.78 is 0. The van der Waals surface area contributed by atoms with E-state index in [-0.39, 0.29) is 1.43 Å². The minimum Gasteiger partial charge on any atom is -0.313 e. The molecule has 0 spiro atoms. The quantitative estimate of drug-likeness (QED) is 0.634. The molecule has 0 amide bonds. The number of likely N-dealkylation sites (tertiary alicyclic amines) is 1. The van der Waals surface area contributed by atoms with Crippen molar-refractivity contribution in [3.05, 3.63) is 0 Å². The van der Waals surface area contributed by atoms with Crippen molar-refractivity contribution in [2.24, 2.45) is 0 Å². The first-order chi connectivity index (χ1) is 4.86. The lowest BCUT2D eigenvalue weighted by molar-refractivity contribution is 0.346. The number of hydrogen-bond donors (Lipinski definition) is 1. The summed E-state index contributed by atoms with van der Waals surface area (Å²) in [7, 11) is 0. The van der Waals surface area contributed by atoms with Crippen LogP contribution in [0.2, 0.25) is 0 Å². The van der Waals surface area contributed by atoms with Crippen molar-refractivity contribution in [3.8, 4) is 0 Å². The summed E-state index contributed by atoms with van der Waals surface area (Å²) >= 11 is 0. The minimum atomic E-state index is 0. The smallest absolute Gasteiger partial charge is 0.0207 e. The number of likely N-dealkylation sites (N-methyl/N-ethyl adjacent to an activating group) is 2. The van der Waals surface area contributed by atoms with E-state index in [4.69, 9.17) is 0 Å². The first-order valence-corrected chi connectivity index (χ1v) is 4.32. The van der Waals surface area contributed by atoms with Crippen LogP contribution in [0.15, 0.2) is 0 Å². The lowest BCUT2D eigenvalue weighted by Gasteiger charge is -2.12. The molecule has 2 heteroatoms. The van der Waals surface area contributed by atoms with Crippen molar-refractivity contribution in [1.82, 2.24) is 10.2 Å². The Morgan fingerprint density at radius 3 is 2.90 bits per heavy atom. The van der Waals surface area contributed by atoms with E-state index in [1.54, 1.807) is 0 Å². The van der Waals surface area contributed by atoms with Crippen molar-refractivity contribution < 1.29 is 1.43 Å². The third kappa shape index (κ3) is 1.96. The zero-order chi connectivity index (χ0) is 7.40. The summed E-state index contributed by atoms with van der Waals surface area (Å²) in [6, 6.07) is 0.768. The second-order valence-corrected chi connectivity index (χ2v) is 2.94. The summed E-state index contributed by atoms with van der Waals surface area (Å²) in [5.41, 5.74) is 0. The van der Waals surface area contributed by atoms with E-state index in [2.05, 4.69) is 24.1 Å². The zero-order valence-corrected chi connectivity index (χ0v) is 7.06. The lowest BCUT2D eigenvalue weighted by Crippen LogP contribution is -2.32. The van der Waals surface area contributed by atoms with Gasteiger partial charge in [0.05, 0.1) is 0 Å². The molecule has 0 aliphatic carbocycles. The van der Waals surface area contributed by atoms with E-state index in [1.165, 1.54) is 26.1 Å². The Morgan fingerprint density at radius 2 is 2.40 bits per heavy atom. The van der Waals surface area contributed by atoms with E-state index in [0.29, 0.717) is 0 Å². The maximum atomic E-state index is 3.47. The van der Waals surface area contributed by atoms with Crippen molar-refractivity contribution in [3.63, 3.8) is 0 Å². The highest BCUT2D eigenvalue weighted by atomic mass is 15.2. The number of rotatable bonds is 3. The average molecular weight is 144 g/mol. The molecule has 0 bridgehead atoms. The molecule has 0 saturated carbocycles. The van der Waals surface area contributed by atoms with Crippen molar-refractivity contribution in [1.29, 1.82) is 0 Å². The van der Waals surface area contributed by atoms with Gasteiger partial charge in [0.2, 0.25) is 0 Å². The Kier molecular flexibility index (Phi) is 3.16. The van der Waals surface area contributed by atoms with E-state index in [0.717, 1.165) is 12.6 Å². The molecule has 1 rings (SSSR count). The monoisotopic (exact) mass is 144 g/mol. The summed E-state index contributed by atoms with van der Waals surface area (Å²) in [5, 5.41) is 3.47. The van der Waals surface area contributed by atoms with Crippen LogP contribution < -0.4 is 5.32 Å². The number of nitrogens with zero attached hydrogens (tertiary/aromatic N) is 1. The first-order valence-electron chi connectivity index (χ1n) is 4.32. The summed E-state index contributed by atoms with van der Waals surface area (Å²) in [6.45, 7) is 9.27. The Morgan fingerprint density at radius 1 is 1.60 bits per heavy atom. The molecule has 1 aliphatic heterocycles. The van der Waals surface area contributed by atoms with Crippen LogP contribution in [0.1, 0.15) is 21.7 Å². The molecule has 0 aromatic heterocycles. The molecule has 62 valence electrons. The average Bonchev–Trinajstić information content (AvgIpc) is 2.37. The molecule has 1 unspecified atom stereocenters. The van der Waals surface area contributed by atoms with Gasteiger partial charge in [-0.3, -0.25) is 0 Å². The van der Waals surface area contributed by atoms with Gasteiger partial charge in [-0.1, -0.05) is 13.8 Å². The molecular weight excluding hydrogens is 124 g/mol. The molecule has 1 fully saturated rings. The first kappa shape index (κ1) is 8.02. The summed E-state index contributed by atoms with van der Waals surface area (Å²) in [4.78, 5) is 2.49. The largest absolute Gasteiger partial charge is 0.313 e. The van der Waals surface area contributed by atoms with Gasteiger partial charge in [0.15, 0.2) is 0 Å². The van der Waals surface area contributed by atoms with Gasteiger partial charge >= 0.3 is 0 Å². The van der Waals surface area contributed by atoms with Crippen LogP contribution in [-0.2, 0) is 0 Å². The van der Waals surface area contributed by atoms with Crippen LogP contribution in [0.4, 0.5) is 0 Å². The Bertz CT molecular complexity index is 98.1. The van der Waals surface area contributed by atoms with Crippen molar-refractivity contribution in [2.45, 2.75) is 26.3 Å². The molecule has 1 N–H and O–H groups in total. The molecule has 0 aromatic rings. The molecule has 10 heavy (non-hydrogen) atoms. The van der Waals surface area contributed by atoms with E-state index >= 15 is 0 Å². The zero-order valence-electron chi connectivity index (χ0n) is 7.06. The highest BCUT2D eigenvalue weighted by Gasteiger charge is 2.19. The number of nitrogens with one attached hydrogen (secondary N) is 1. The highest BCUT2D eigenvalue weighted by molar-refractivity contribution is 4.79. The van der Waals surface area contributed by atoms with Crippen LogP contribution in [0.3, 0.4) is 0 Å². The van der Waals surface area contributed by atoms with Crippen LogP contribution in [0.25, 0.3) is 0 Å². The topological polar surface area (TPSA) is 15.3 Å². The van der Waals surface area contributed by atoms with Crippen molar-refractivity contribution >= 4 is 0 Å². The SMILES string of the molecule is CCNC1CCN(CC)C1.[HH]. The van der Waals surface area contributed by atoms with Crippen LogP contribution in [0.5, 0.6) is 0 Å². The maximum Gasteiger partial charge on any atom is 0.0207 e. The van der Waals surface area contributed by atoms with E-state index < -0.39 is 0 Å². The molecule has 1 saturated heterocycles. The fourth-order valence-corrected chi connectivity index (χ4v) is 1.58. The van der Waals surface area contributed by atoms with Gasteiger partial charge in [-0.25, -0.2) is 0 Å². The van der Waals surface area contributed by atoms with Crippen LogP contribution in [-0.4, -0.2) is 37.1 Å². The summed E-state index contributed by atoms with van der Waals surface area (Å²) in [6.07, 6.45) is 1.34. The third-order valence-corrected chi connectivity index (χ3v) is 2.21. The molecule has 1 heterocycles. The minimum absolute atomic E-state index is 0. The van der Waals surface area contributed by atoms with Crippen LogP contribution >= 0.6 is 0 Å². The van der Waals surface area contributed by atoms with Crippen LogP contribution in [0, 0.1) is 0 Å². The van der Waals surface area contributed by atoms with Crippen molar-refractivity contribution in [2.75, 3.05) is 26.2 Å². The van der Waals surface area contributed by atoms with E-state index in [9.17, 15) is 0 Å². The van der Waals surface area contributed by atoms with Gasteiger partial charge in [0.1, 0.15) is 0 Å². The lowest BCUT2D eigenvalue weighted by atomic mass is 10.3. The predicted molar refractivity (Wildman–Crippen MR) is 46.3 cm³/mol. The molecule has 1 atom stereocenters. The number of hydrogen-bond acceptors (Lipinski definition) is 2. The predicted octanol–water partition coefficient (Wildman–Crippen LogP) is 0.936. The molecule has 0 radical (unpaired) electrons. The Balaban J connectivity index is 0.000001000. The maximum absolute atomic E-state index is 3.47. The molecule has 1 aliphatic rings. The van der Waals surface area contributed by atoms with Gasteiger partial charge < -0.3 is 10.2 Å². The standard InChI is InChI=1S/C8H18N2.H2/c1-3-9-8-5-6-10(4-2)7-8;/h8-9H,3-7H2,1-2H3;1H. The second-order valence-electron chi connectivity index (χ2n) is 2.94. The second kappa shape index (κ2) is 3.94. The van der Waals surface area contributed by atoms with Gasteiger partial charge in [-0.15, -0.1) is 0 Å². The fourth-order valence-electron chi connectivity index (χ4n) is 1.58. The normalized spacial score (nSPS) is 27.6. The van der Waals surface area contributed by atoms with Gasteiger partial charge in [-0.2, -0.15) is 0 Å². The highest BCUT2D eigenvalue weighted by Crippen LogP contribution is 2.07. The molecule has 2 nitrogen and oxygen atoms in total. The fraction of sp³-hybridized carbons (Fsp3) is 1.00. The van der Waals surface area contributed by atoms with E-state index in [1.807, 2.05) is 0 Å². The van der Waals surface area contributed by atoms with Gasteiger partial charge in [0.25, 0.3) is 0 Å². The Hall–Kier alpha value is -0.0800. The van der Waals surface area contributed by atoms with Gasteiger partial charge in [-0.05, 0) is 26.1 Å². The summed E-state index contributed by atoms with van der Waals surface area (Å²) in [5.74, 6) is 0. The molecule has 0 aromatic carbocycles. The van der Waals surface area contributed by atoms with Gasteiger partial charge in [0, 0.05) is 14.0 Å². The molecular formula is C8H20N2. The third-order valence-electron chi connectivity index (χ3n) is 2.21.